The van der Waals surface area contributed by atoms with Gasteiger partial charge in [0.1, 0.15) is 0 Å². The second-order valence-electron chi connectivity index (χ2n) is 0.789. The Morgan fingerprint density at radius 3 is 1.33 bits per heavy atom. The van der Waals surface area contributed by atoms with Crippen molar-refractivity contribution in [3.05, 3.63) is 0 Å². The first-order valence-corrected chi connectivity index (χ1v) is 2.51. The van der Waals surface area contributed by atoms with Gasteiger partial charge < -0.3 is 9.11 Å². The second-order valence-corrected chi connectivity index (χ2v) is 0.952. The van der Waals surface area contributed by atoms with Crippen LogP contribution in [0.25, 0.3) is 0 Å². The van der Waals surface area contributed by atoms with Crippen LogP contribution in [0.3, 0.4) is 0 Å². The molecule has 0 bridgehead atoms. The second kappa shape index (κ2) is 18.6. The molecule has 0 rings (SSSR count). The highest BCUT2D eigenvalue weighted by Crippen LogP contribution is 1.67. The van der Waals surface area contributed by atoms with E-state index in [4.69, 9.17) is 9.11 Å². The fourth-order valence-electron chi connectivity index (χ4n) is 0. The Kier molecular flexibility index (Phi) is 29.7. The van der Waals surface area contributed by atoms with Gasteiger partial charge in [0, 0.05) is 0 Å². The Morgan fingerprint density at radius 1 is 1.33 bits per heavy atom. The van der Waals surface area contributed by atoms with Gasteiger partial charge in [-0.05, 0) is 0 Å². The predicted molar refractivity (Wildman–Crippen MR) is 28.8 cm³/mol. The van der Waals surface area contributed by atoms with Crippen molar-refractivity contribution in [3.63, 3.8) is 0 Å². The zero-order chi connectivity index (χ0) is 5.41. The van der Waals surface area contributed by atoms with E-state index in [9.17, 15) is 0 Å². The lowest BCUT2D eigenvalue weighted by Crippen LogP contribution is -1.31. The van der Waals surface area contributed by atoms with Gasteiger partial charge in [0.2, 0.25) is 0 Å². The van der Waals surface area contributed by atoms with Crippen LogP contribution in [0.5, 0.6) is 0 Å². The van der Waals surface area contributed by atoms with Gasteiger partial charge in [-0.1, -0.05) is 20.3 Å². The van der Waals surface area contributed by atoms with Crippen molar-refractivity contribution in [2.75, 3.05) is 0 Å². The van der Waals surface area contributed by atoms with Gasteiger partial charge in [0.05, 0.1) is 0 Å². The molecule has 0 saturated heterocycles. The summed E-state index contributed by atoms with van der Waals surface area (Å²) in [7, 11) is 0. The Bertz CT molecular complexity index is 10.8. The zero-order valence-electron chi connectivity index (χ0n) is 4.01. The monoisotopic (exact) mass is 110 g/mol. The van der Waals surface area contributed by atoms with Crippen molar-refractivity contribution in [2.24, 2.45) is 0 Å². The number of hydrogen-bond donors (Lipinski definition) is 2. The molecule has 0 aromatic heterocycles. The van der Waals surface area contributed by atoms with Crippen LogP contribution in [0.15, 0.2) is 0 Å². The summed E-state index contributed by atoms with van der Waals surface area (Å²) in [6.45, 7) is 4.25. The van der Waals surface area contributed by atoms with Crippen LogP contribution < -0.4 is 0 Å². The molecule has 0 unspecified atom stereocenters. The Morgan fingerprint density at radius 2 is 1.33 bits per heavy atom. The minimum Gasteiger partial charge on any atom is -0.307 e. The quantitative estimate of drug-likeness (QED) is 0.469. The summed E-state index contributed by atoms with van der Waals surface area (Å²) in [5, 5.41) is 0. The van der Waals surface area contributed by atoms with E-state index in [-0.39, 0.29) is 12.3 Å². The summed E-state index contributed by atoms with van der Waals surface area (Å²) in [4.78, 5) is 0. The highest BCUT2D eigenvalue weighted by atomic mass is 32.2. The first kappa shape index (κ1) is 9.55. The molecule has 0 aliphatic heterocycles. The Labute approximate surface area is 42.6 Å². The van der Waals surface area contributed by atoms with Crippen molar-refractivity contribution in [1.29, 1.82) is 0 Å². The van der Waals surface area contributed by atoms with Crippen LogP contribution in [0.4, 0.5) is 0 Å². The lowest BCUT2D eigenvalue weighted by molar-refractivity contribution is 0.541. The molecule has 0 aromatic carbocycles. The largest absolute Gasteiger partial charge is 0.307 e. The van der Waals surface area contributed by atoms with E-state index in [0.717, 1.165) is 0 Å². The van der Waals surface area contributed by atoms with Crippen molar-refractivity contribution in [3.8, 4) is 0 Å². The number of rotatable bonds is 0. The van der Waals surface area contributed by atoms with Crippen molar-refractivity contribution in [2.45, 2.75) is 20.3 Å². The van der Waals surface area contributed by atoms with E-state index >= 15 is 0 Å². The Hall–Kier alpha value is 0.270. The van der Waals surface area contributed by atoms with E-state index in [2.05, 4.69) is 13.8 Å². The Balaban J connectivity index is 0. The van der Waals surface area contributed by atoms with Crippen molar-refractivity contribution < 1.29 is 9.11 Å². The third-order valence-corrected chi connectivity index (χ3v) is 0. The van der Waals surface area contributed by atoms with E-state index < -0.39 is 0 Å². The van der Waals surface area contributed by atoms with Gasteiger partial charge in [-0.25, -0.2) is 0 Å². The maximum absolute atomic E-state index is 7.04. The summed E-state index contributed by atoms with van der Waals surface area (Å²) in [5.74, 6) is 0. The van der Waals surface area contributed by atoms with Crippen LogP contribution in [0, 0.1) is 0 Å². The zero-order valence-corrected chi connectivity index (χ0v) is 4.83. The van der Waals surface area contributed by atoms with Gasteiger partial charge in [0.15, 0.2) is 12.3 Å². The summed E-state index contributed by atoms with van der Waals surface area (Å²) in [6, 6.07) is 0. The van der Waals surface area contributed by atoms with E-state index in [1.807, 2.05) is 0 Å². The summed E-state index contributed by atoms with van der Waals surface area (Å²) in [5.41, 5.74) is 0. The first-order chi connectivity index (χ1) is 2.83. The molecule has 0 aliphatic carbocycles. The maximum Gasteiger partial charge on any atom is 0.152 e. The molecule has 0 amide bonds. The molecule has 0 spiro atoms. The smallest absolute Gasteiger partial charge is 0.152 e. The van der Waals surface area contributed by atoms with Gasteiger partial charge in [-0.3, -0.25) is 0 Å². The SMILES string of the molecule is CCC.OSO. The molecule has 2 nitrogen and oxygen atoms in total. The molecule has 0 fully saturated rings. The van der Waals surface area contributed by atoms with Crippen molar-refractivity contribution in [1.82, 2.24) is 0 Å². The average molecular weight is 110 g/mol. The lowest BCUT2D eigenvalue weighted by Gasteiger charge is -1.51. The van der Waals surface area contributed by atoms with Gasteiger partial charge >= 0.3 is 0 Å². The van der Waals surface area contributed by atoms with Gasteiger partial charge in [-0.2, -0.15) is 0 Å². The molecule has 0 atom stereocenters. The first-order valence-electron chi connectivity index (χ1n) is 1.78. The van der Waals surface area contributed by atoms with Crippen LogP contribution in [0.1, 0.15) is 20.3 Å². The highest BCUT2D eigenvalue weighted by Gasteiger charge is 1.36. The van der Waals surface area contributed by atoms with E-state index in [1.165, 1.54) is 6.42 Å². The van der Waals surface area contributed by atoms with E-state index in [1.54, 1.807) is 0 Å². The third kappa shape index (κ3) is 626. The molecule has 0 heterocycles. The standard InChI is InChI=1S/C3H8.H2O2S/c2*1-3-2/h3H2,1-2H3;1-2H. The molecule has 0 aliphatic rings. The number of hydrogen-bond acceptors (Lipinski definition) is 3. The van der Waals surface area contributed by atoms with Crippen LogP contribution in [-0.4, -0.2) is 9.11 Å². The normalized spacial score (nSPS) is 6.00. The van der Waals surface area contributed by atoms with E-state index in [0.29, 0.717) is 0 Å². The van der Waals surface area contributed by atoms with Crippen LogP contribution >= 0.6 is 12.3 Å². The fraction of sp³-hybridized carbons (Fsp3) is 1.00. The molecular formula is C3H10O2S. The van der Waals surface area contributed by atoms with Gasteiger partial charge in [0.25, 0.3) is 0 Å². The average Bonchev–Trinajstić information content (AvgIpc) is 1.39. The molecule has 0 aromatic rings. The highest BCUT2D eigenvalue weighted by molar-refractivity contribution is 7.87. The third-order valence-electron chi connectivity index (χ3n) is 0. The molecule has 6 heavy (non-hydrogen) atoms. The minimum atomic E-state index is -0.250. The summed E-state index contributed by atoms with van der Waals surface area (Å²) >= 11 is -0.250. The molecule has 0 radical (unpaired) electrons. The predicted octanol–water partition coefficient (Wildman–Crippen LogP) is 2.08. The molecular weight excluding hydrogens is 100 g/mol. The lowest BCUT2D eigenvalue weighted by atomic mass is 10.6. The molecule has 0 saturated carbocycles. The summed E-state index contributed by atoms with van der Waals surface area (Å²) < 4.78 is 14.1. The van der Waals surface area contributed by atoms with Gasteiger partial charge in [-0.15, -0.1) is 0 Å². The molecule has 40 valence electrons. The summed E-state index contributed by atoms with van der Waals surface area (Å²) in [6.07, 6.45) is 1.25. The molecule has 2 N–H and O–H groups in total. The van der Waals surface area contributed by atoms with Crippen LogP contribution in [0.2, 0.25) is 0 Å². The minimum absolute atomic E-state index is 0.250. The topological polar surface area (TPSA) is 40.5 Å². The van der Waals surface area contributed by atoms with Crippen molar-refractivity contribution >= 4 is 12.3 Å². The van der Waals surface area contributed by atoms with Crippen LogP contribution in [-0.2, 0) is 0 Å². The molecule has 3 heteroatoms. The fourth-order valence-corrected chi connectivity index (χ4v) is 0. The maximum atomic E-state index is 7.04.